The summed E-state index contributed by atoms with van der Waals surface area (Å²) in [4.78, 5) is 28.6. The maximum atomic E-state index is 13.2. The first-order valence-corrected chi connectivity index (χ1v) is 11.3. The summed E-state index contributed by atoms with van der Waals surface area (Å²) in [7, 11) is 0. The fourth-order valence-corrected chi connectivity index (χ4v) is 4.19. The van der Waals surface area contributed by atoms with E-state index in [1.807, 2.05) is 40.6 Å². The Balaban J connectivity index is 1.63. The van der Waals surface area contributed by atoms with Crippen LogP contribution in [0.25, 0.3) is 0 Å². The number of ether oxygens (including phenoxy) is 1. The van der Waals surface area contributed by atoms with Gasteiger partial charge < -0.3 is 15.0 Å². The van der Waals surface area contributed by atoms with Crippen LogP contribution >= 0.6 is 11.3 Å². The van der Waals surface area contributed by atoms with Gasteiger partial charge >= 0.3 is 0 Å². The van der Waals surface area contributed by atoms with E-state index in [2.05, 4.69) is 19.2 Å². The Morgan fingerprint density at radius 1 is 1.24 bits per heavy atom. The SMILES string of the molecule is CCCCNC(=O)C1CCC(C)N(C(=O)c2cccc(OCc3cccs3)c2)C1. The highest BCUT2D eigenvalue weighted by Gasteiger charge is 2.33. The van der Waals surface area contributed by atoms with Gasteiger partial charge in [-0.3, -0.25) is 9.59 Å². The molecule has 1 aliphatic heterocycles. The van der Waals surface area contributed by atoms with Crippen LogP contribution in [-0.2, 0) is 11.4 Å². The molecule has 1 saturated heterocycles. The number of unbranched alkanes of at least 4 members (excludes halogenated alkanes) is 1. The average molecular weight is 415 g/mol. The molecule has 1 aliphatic rings. The Hall–Kier alpha value is -2.34. The topological polar surface area (TPSA) is 58.6 Å². The van der Waals surface area contributed by atoms with Gasteiger partial charge in [-0.1, -0.05) is 25.5 Å². The van der Waals surface area contributed by atoms with Crippen molar-refractivity contribution in [2.75, 3.05) is 13.1 Å². The summed E-state index contributed by atoms with van der Waals surface area (Å²) in [6.45, 7) is 5.83. The Kier molecular flexibility index (Phi) is 7.69. The summed E-state index contributed by atoms with van der Waals surface area (Å²) in [5.74, 6) is 0.578. The number of hydrogen-bond acceptors (Lipinski definition) is 4. The molecule has 156 valence electrons. The van der Waals surface area contributed by atoms with E-state index in [4.69, 9.17) is 4.74 Å². The molecule has 0 saturated carbocycles. The fourth-order valence-electron chi connectivity index (χ4n) is 3.57. The minimum atomic E-state index is -0.134. The summed E-state index contributed by atoms with van der Waals surface area (Å²) in [5.41, 5.74) is 0.604. The molecule has 1 N–H and O–H groups in total. The Bertz CT molecular complexity index is 806. The van der Waals surface area contributed by atoms with Gasteiger partial charge in [-0.15, -0.1) is 11.3 Å². The van der Waals surface area contributed by atoms with Crippen LogP contribution in [0.2, 0.25) is 0 Å². The molecule has 1 aromatic carbocycles. The molecule has 1 fully saturated rings. The van der Waals surface area contributed by atoms with Gasteiger partial charge in [-0.2, -0.15) is 0 Å². The van der Waals surface area contributed by atoms with Crippen LogP contribution in [0.4, 0.5) is 0 Å². The van der Waals surface area contributed by atoms with Crippen LogP contribution in [-0.4, -0.2) is 35.8 Å². The van der Waals surface area contributed by atoms with Crippen LogP contribution in [0.1, 0.15) is 54.8 Å². The summed E-state index contributed by atoms with van der Waals surface area (Å²) >= 11 is 1.65. The second-order valence-corrected chi connectivity index (χ2v) is 8.65. The van der Waals surface area contributed by atoms with E-state index in [1.165, 1.54) is 0 Å². The van der Waals surface area contributed by atoms with Crippen molar-refractivity contribution in [3.63, 3.8) is 0 Å². The van der Waals surface area contributed by atoms with E-state index >= 15 is 0 Å². The van der Waals surface area contributed by atoms with Crippen molar-refractivity contribution < 1.29 is 14.3 Å². The fraction of sp³-hybridized carbons (Fsp3) is 0.478. The Labute approximate surface area is 177 Å². The summed E-state index contributed by atoms with van der Waals surface area (Å²) < 4.78 is 5.85. The highest BCUT2D eigenvalue weighted by atomic mass is 32.1. The van der Waals surface area contributed by atoms with Crippen molar-refractivity contribution in [2.45, 2.75) is 52.2 Å². The summed E-state index contributed by atoms with van der Waals surface area (Å²) in [6, 6.07) is 11.5. The van der Waals surface area contributed by atoms with E-state index < -0.39 is 0 Å². The van der Waals surface area contributed by atoms with Gasteiger partial charge in [0.15, 0.2) is 0 Å². The number of piperidine rings is 1. The number of amides is 2. The van der Waals surface area contributed by atoms with Crippen molar-refractivity contribution in [1.29, 1.82) is 0 Å². The molecular formula is C23H30N2O3S. The lowest BCUT2D eigenvalue weighted by Gasteiger charge is -2.37. The monoisotopic (exact) mass is 414 g/mol. The number of carbonyl (C=O) groups is 2. The first-order chi connectivity index (χ1) is 14.1. The molecule has 6 heteroatoms. The quantitative estimate of drug-likeness (QED) is 0.648. The third-order valence-corrected chi connectivity index (χ3v) is 6.24. The molecule has 0 aliphatic carbocycles. The molecule has 3 rings (SSSR count). The second-order valence-electron chi connectivity index (χ2n) is 7.62. The van der Waals surface area contributed by atoms with E-state index in [1.54, 1.807) is 17.4 Å². The molecule has 2 aromatic rings. The van der Waals surface area contributed by atoms with E-state index in [0.29, 0.717) is 31.0 Å². The van der Waals surface area contributed by atoms with Crippen molar-refractivity contribution in [3.05, 3.63) is 52.2 Å². The standard InChI is InChI=1S/C23H30N2O3S/c1-3-4-12-24-22(26)19-11-10-17(2)25(15-19)23(27)18-7-5-8-20(14-18)28-16-21-9-6-13-29-21/h5-9,13-14,17,19H,3-4,10-12,15-16H2,1-2H3,(H,24,26). The van der Waals surface area contributed by atoms with Gasteiger partial charge in [-0.25, -0.2) is 0 Å². The molecule has 2 heterocycles. The first-order valence-electron chi connectivity index (χ1n) is 10.4. The van der Waals surface area contributed by atoms with E-state index in [-0.39, 0.29) is 23.8 Å². The predicted octanol–water partition coefficient (Wildman–Crippen LogP) is 4.48. The normalized spacial score (nSPS) is 19.0. The minimum Gasteiger partial charge on any atom is -0.488 e. The number of rotatable bonds is 8. The minimum absolute atomic E-state index is 0.0369. The van der Waals surface area contributed by atoms with Gasteiger partial charge in [0, 0.05) is 29.6 Å². The number of nitrogens with one attached hydrogen (secondary N) is 1. The number of benzene rings is 1. The van der Waals surface area contributed by atoms with Gasteiger partial charge in [0.05, 0.1) is 5.92 Å². The Morgan fingerprint density at radius 3 is 2.86 bits per heavy atom. The number of nitrogens with zero attached hydrogens (tertiary/aromatic N) is 1. The van der Waals surface area contributed by atoms with Gasteiger partial charge in [-0.05, 0) is 55.8 Å². The zero-order chi connectivity index (χ0) is 20.6. The lowest BCUT2D eigenvalue weighted by molar-refractivity contribution is -0.126. The van der Waals surface area contributed by atoms with Gasteiger partial charge in [0.2, 0.25) is 5.91 Å². The van der Waals surface area contributed by atoms with Crippen LogP contribution in [0.3, 0.4) is 0 Å². The molecule has 1 aromatic heterocycles. The average Bonchev–Trinajstić information content (AvgIpc) is 3.26. The smallest absolute Gasteiger partial charge is 0.254 e. The zero-order valence-corrected chi connectivity index (χ0v) is 18.0. The van der Waals surface area contributed by atoms with Gasteiger partial charge in [0.25, 0.3) is 5.91 Å². The lowest BCUT2D eigenvalue weighted by atomic mass is 9.92. The summed E-state index contributed by atoms with van der Waals surface area (Å²) in [5, 5.41) is 5.03. The Morgan fingerprint density at radius 2 is 2.10 bits per heavy atom. The number of carbonyl (C=O) groups excluding carboxylic acids is 2. The van der Waals surface area contributed by atoms with Crippen LogP contribution < -0.4 is 10.1 Å². The molecule has 2 unspecified atom stereocenters. The van der Waals surface area contributed by atoms with Gasteiger partial charge in [0.1, 0.15) is 12.4 Å². The molecular weight excluding hydrogens is 384 g/mol. The van der Waals surface area contributed by atoms with Crippen molar-refractivity contribution in [2.24, 2.45) is 5.92 Å². The van der Waals surface area contributed by atoms with Crippen LogP contribution in [0.15, 0.2) is 41.8 Å². The van der Waals surface area contributed by atoms with E-state index in [9.17, 15) is 9.59 Å². The lowest BCUT2D eigenvalue weighted by Crippen LogP contribution is -2.49. The number of thiophene rings is 1. The first kappa shape index (κ1) is 21.4. The molecule has 5 nitrogen and oxygen atoms in total. The zero-order valence-electron chi connectivity index (χ0n) is 17.2. The third-order valence-electron chi connectivity index (χ3n) is 5.39. The van der Waals surface area contributed by atoms with Crippen LogP contribution in [0.5, 0.6) is 5.75 Å². The highest BCUT2D eigenvalue weighted by Crippen LogP contribution is 2.25. The van der Waals surface area contributed by atoms with Crippen molar-refractivity contribution >= 4 is 23.2 Å². The largest absolute Gasteiger partial charge is 0.488 e. The maximum absolute atomic E-state index is 13.2. The predicted molar refractivity (Wildman–Crippen MR) is 116 cm³/mol. The van der Waals surface area contributed by atoms with Crippen LogP contribution in [0, 0.1) is 5.92 Å². The maximum Gasteiger partial charge on any atom is 0.254 e. The second kappa shape index (κ2) is 10.4. The number of likely N-dealkylation sites (tertiary alicyclic amines) is 1. The van der Waals surface area contributed by atoms with Crippen molar-refractivity contribution in [1.82, 2.24) is 10.2 Å². The molecule has 0 spiro atoms. The van der Waals surface area contributed by atoms with Crippen molar-refractivity contribution in [3.8, 4) is 5.75 Å². The number of hydrogen-bond donors (Lipinski definition) is 1. The molecule has 29 heavy (non-hydrogen) atoms. The summed E-state index contributed by atoms with van der Waals surface area (Å²) in [6.07, 6.45) is 3.70. The molecule has 0 bridgehead atoms. The molecule has 2 atom stereocenters. The highest BCUT2D eigenvalue weighted by molar-refractivity contribution is 7.09. The van der Waals surface area contributed by atoms with E-state index in [0.717, 1.165) is 30.6 Å². The molecule has 0 radical (unpaired) electrons. The third kappa shape index (κ3) is 5.82. The molecule has 2 amide bonds.